The van der Waals surface area contributed by atoms with Crippen molar-refractivity contribution in [2.24, 2.45) is 0 Å². The fourth-order valence-corrected chi connectivity index (χ4v) is 2.19. The Hall–Kier alpha value is -1.70. The van der Waals surface area contributed by atoms with Crippen molar-refractivity contribution in [3.05, 3.63) is 40.6 Å². The van der Waals surface area contributed by atoms with E-state index in [1.54, 1.807) is 0 Å². The molecule has 0 aliphatic carbocycles. The van der Waals surface area contributed by atoms with Crippen LogP contribution in [0, 0.1) is 13.8 Å². The van der Waals surface area contributed by atoms with Gasteiger partial charge in [-0.2, -0.15) is 0 Å². The molecule has 0 radical (unpaired) electrons. The van der Waals surface area contributed by atoms with Gasteiger partial charge in [0.15, 0.2) is 6.29 Å². The van der Waals surface area contributed by atoms with E-state index in [9.17, 15) is 4.79 Å². The monoisotopic (exact) mass is 241 g/mol. The third kappa shape index (κ3) is 2.15. The fraction of sp³-hybridized carbons (Fsp3) is 0.375. The molecule has 0 unspecified atom stereocenters. The molecular weight excluding hydrogens is 222 g/mol. The van der Waals surface area contributed by atoms with E-state index < -0.39 is 0 Å². The van der Waals surface area contributed by atoms with Crippen LogP contribution in [-0.4, -0.2) is 11.3 Å². The molecule has 1 aromatic carbocycles. The van der Waals surface area contributed by atoms with Crippen LogP contribution in [0.5, 0.6) is 0 Å². The summed E-state index contributed by atoms with van der Waals surface area (Å²) in [4.78, 5) is 16.0. The third-order valence-electron chi connectivity index (χ3n) is 3.18. The fourth-order valence-electron chi connectivity index (χ4n) is 2.19. The molecule has 0 fully saturated rings. The number of pyridine rings is 1. The van der Waals surface area contributed by atoms with E-state index in [1.807, 2.05) is 26.0 Å². The molecule has 0 saturated heterocycles. The zero-order valence-corrected chi connectivity index (χ0v) is 11.7. The zero-order valence-electron chi connectivity index (χ0n) is 11.7. The van der Waals surface area contributed by atoms with E-state index >= 15 is 0 Å². The molecule has 0 atom stereocenters. The summed E-state index contributed by atoms with van der Waals surface area (Å²) in [6.07, 6.45) is 0.929. The van der Waals surface area contributed by atoms with Crippen molar-refractivity contribution in [2.75, 3.05) is 0 Å². The number of aromatic nitrogens is 1. The Balaban J connectivity index is 2.88. The lowest BCUT2D eigenvalue weighted by atomic mass is 9.89. The van der Waals surface area contributed by atoms with Gasteiger partial charge in [-0.25, -0.2) is 0 Å². The number of benzene rings is 1. The zero-order chi connectivity index (χ0) is 13.5. The number of fused-ring (bicyclic) bond motifs is 1. The smallest absolute Gasteiger partial charge is 0.150 e. The van der Waals surface area contributed by atoms with Crippen molar-refractivity contribution in [3.8, 4) is 0 Å². The number of carbonyl (C=O) groups is 1. The number of aryl methyl sites for hydroxylation is 2. The van der Waals surface area contributed by atoms with Crippen LogP contribution >= 0.6 is 0 Å². The van der Waals surface area contributed by atoms with E-state index in [1.165, 1.54) is 0 Å². The average molecular weight is 241 g/mol. The lowest BCUT2D eigenvalue weighted by Gasteiger charge is -2.19. The minimum Gasteiger partial charge on any atom is -0.298 e. The summed E-state index contributed by atoms with van der Waals surface area (Å²) in [5, 5.41) is 0.954. The third-order valence-corrected chi connectivity index (χ3v) is 3.18. The Labute approximate surface area is 108 Å². The van der Waals surface area contributed by atoms with E-state index in [2.05, 4.69) is 26.8 Å². The quantitative estimate of drug-likeness (QED) is 0.707. The second kappa shape index (κ2) is 4.20. The Bertz CT molecular complexity index is 621. The molecule has 2 aromatic rings. The molecule has 1 aromatic heterocycles. The molecule has 1 heterocycles. The summed E-state index contributed by atoms with van der Waals surface area (Å²) in [5.41, 5.74) is 4.87. The minimum absolute atomic E-state index is 0.0523. The van der Waals surface area contributed by atoms with Crippen LogP contribution in [0.4, 0.5) is 0 Å². The van der Waals surface area contributed by atoms with Gasteiger partial charge in [-0.1, -0.05) is 32.4 Å². The van der Waals surface area contributed by atoms with Gasteiger partial charge in [0.2, 0.25) is 0 Å². The molecule has 2 rings (SSSR count). The predicted octanol–water partition coefficient (Wildman–Crippen LogP) is 3.96. The van der Waals surface area contributed by atoms with Gasteiger partial charge < -0.3 is 0 Å². The lowest BCUT2D eigenvalue weighted by molar-refractivity contribution is 0.112. The highest BCUT2D eigenvalue weighted by atomic mass is 16.1. The first-order chi connectivity index (χ1) is 8.32. The molecule has 18 heavy (non-hydrogen) atoms. The van der Waals surface area contributed by atoms with E-state index in [-0.39, 0.29) is 5.41 Å². The van der Waals surface area contributed by atoms with Gasteiger partial charge in [0, 0.05) is 22.1 Å². The second-order valence-corrected chi connectivity index (χ2v) is 5.94. The number of hydrogen-bond acceptors (Lipinski definition) is 2. The van der Waals surface area contributed by atoms with Gasteiger partial charge in [-0.05, 0) is 31.5 Å². The maximum Gasteiger partial charge on any atom is 0.150 e. The van der Waals surface area contributed by atoms with Gasteiger partial charge in [-0.3, -0.25) is 9.78 Å². The van der Waals surface area contributed by atoms with Crippen molar-refractivity contribution in [2.45, 2.75) is 40.0 Å². The van der Waals surface area contributed by atoms with Gasteiger partial charge in [0.05, 0.1) is 5.52 Å². The van der Waals surface area contributed by atoms with Crippen molar-refractivity contribution in [3.63, 3.8) is 0 Å². The molecule has 0 amide bonds. The van der Waals surface area contributed by atoms with Crippen molar-refractivity contribution < 1.29 is 4.79 Å². The Morgan fingerprint density at radius 1 is 1.11 bits per heavy atom. The van der Waals surface area contributed by atoms with Gasteiger partial charge in [0.25, 0.3) is 0 Å². The van der Waals surface area contributed by atoms with Crippen LogP contribution in [0.15, 0.2) is 18.2 Å². The largest absolute Gasteiger partial charge is 0.298 e. The maximum absolute atomic E-state index is 11.3. The molecule has 2 nitrogen and oxygen atoms in total. The molecule has 0 bridgehead atoms. The Morgan fingerprint density at radius 3 is 2.33 bits per heavy atom. The molecule has 0 N–H and O–H groups in total. The number of nitrogens with zero attached hydrogens (tertiary/aromatic N) is 1. The molecule has 2 heteroatoms. The number of aldehydes is 1. The van der Waals surface area contributed by atoms with Crippen LogP contribution in [0.1, 0.15) is 48.0 Å². The second-order valence-electron chi connectivity index (χ2n) is 5.94. The number of carbonyl (C=O) groups excluding carboxylic acids is 1. The lowest BCUT2D eigenvalue weighted by Crippen LogP contribution is -2.14. The molecule has 0 saturated carbocycles. The van der Waals surface area contributed by atoms with Gasteiger partial charge in [0.1, 0.15) is 0 Å². The summed E-state index contributed by atoms with van der Waals surface area (Å²) in [6, 6.07) is 6.05. The van der Waals surface area contributed by atoms with Gasteiger partial charge >= 0.3 is 0 Å². The Kier molecular flexibility index (Phi) is 2.97. The van der Waals surface area contributed by atoms with Crippen LogP contribution in [-0.2, 0) is 5.41 Å². The molecule has 0 aliphatic heterocycles. The van der Waals surface area contributed by atoms with E-state index in [0.29, 0.717) is 0 Å². The minimum atomic E-state index is -0.0523. The average Bonchev–Trinajstić information content (AvgIpc) is 2.26. The normalized spacial score (nSPS) is 11.8. The summed E-state index contributed by atoms with van der Waals surface area (Å²) in [7, 11) is 0. The highest BCUT2D eigenvalue weighted by Crippen LogP contribution is 2.27. The molecule has 0 aliphatic rings. The predicted molar refractivity (Wildman–Crippen MR) is 75.3 cm³/mol. The van der Waals surface area contributed by atoms with E-state index in [4.69, 9.17) is 4.98 Å². The van der Waals surface area contributed by atoms with Crippen molar-refractivity contribution in [1.29, 1.82) is 0 Å². The van der Waals surface area contributed by atoms with Crippen LogP contribution in [0.2, 0.25) is 0 Å². The molecule has 0 spiro atoms. The first-order valence-electron chi connectivity index (χ1n) is 6.20. The van der Waals surface area contributed by atoms with Crippen LogP contribution in [0.3, 0.4) is 0 Å². The summed E-state index contributed by atoms with van der Waals surface area (Å²) in [5.74, 6) is 0. The maximum atomic E-state index is 11.3. The Morgan fingerprint density at radius 2 is 1.78 bits per heavy atom. The van der Waals surface area contributed by atoms with Crippen molar-refractivity contribution in [1.82, 2.24) is 4.98 Å². The number of hydrogen-bond donors (Lipinski definition) is 0. The summed E-state index contributed by atoms with van der Waals surface area (Å²) < 4.78 is 0. The SMILES string of the molecule is Cc1cc(C)c2nc(C(C)(C)C)cc(C=O)c2c1. The standard InChI is InChI=1S/C16H19NO/c1-10-6-11(2)15-13(7-10)12(9-18)8-14(17-15)16(3,4)5/h6-9H,1-5H3. The highest BCUT2D eigenvalue weighted by molar-refractivity contribution is 5.98. The topological polar surface area (TPSA) is 30.0 Å². The van der Waals surface area contributed by atoms with Crippen LogP contribution in [0.25, 0.3) is 10.9 Å². The molecule has 94 valence electrons. The van der Waals surface area contributed by atoms with Crippen molar-refractivity contribution >= 4 is 17.2 Å². The highest BCUT2D eigenvalue weighted by Gasteiger charge is 2.18. The van der Waals surface area contributed by atoms with E-state index in [0.717, 1.165) is 39.6 Å². The van der Waals surface area contributed by atoms with Gasteiger partial charge in [-0.15, -0.1) is 0 Å². The summed E-state index contributed by atoms with van der Waals surface area (Å²) >= 11 is 0. The first kappa shape index (κ1) is 12.7. The number of rotatable bonds is 1. The molecular formula is C16H19NO. The first-order valence-corrected chi connectivity index (χ1v) is 6.20. The summed E-state index contributed by atoms with van der Waals surface area (Å²) in [6.45, 7) is 10.4. The van der Waals surface area contributed by atoms with Crippen LogP contribution < -0.4 is 0 Å².